The summed E-state index contributed by atoms with van der Waals surface area (Å²) in [6.07, 6.45) is 1.81. The molecule has 1 atom stereocenters. The van der Waals surface area contributed by atoms with Gasteiger partial charge in [-0.2, -0.15) is 0 Å². The van der Waals surface area contributed by atoms with E-state index in [1.807, 2.05) is 20.8 Å². The number of halogens is 1. The molecular weight excluding hydrogens is 386 g/mol. The highest BCUT2D eigenvalue weighted by Gasteiger charge is 2.37. The van der Waals surface area contributed by atoms with Crippen molar-refractivity contribution < 1.29 is 19.4 Å². The first-order valence-corrected chi connectivity index (χ1v) is 9.38. The number of aromatic carboxylic acids is 1. The van der Waals surface area contributed by atoms with Crippen molar-refractivity contribution >= 4 is 23.4 Å². The van der Waals surface area contributed by atoms with Crippen LogP contribution < -0.4 is 10.2 Å². The Kier molecular flexibility index (Phi) is 4.15. The van der Waals surface area contributed by atoms with Gasteiger partial charge in [0.2, 0.25) is 0 Å². The average Bonchev–Trinajstić information content (AvgIpc) is 2.87. The number of rotatable bonds is 3. The minimum Gasteiger partial charge on any atom is -0.477 e. The van der Waals surface area contributed by atoms with E-state index in [1.54, 1.807) is 9.25 Å². The van der Waals surface area contributed by atoms with E-state index in [0.29, 0.717) is 30.8 Å². The van der Waals surface area contributed by atoms with Crippen molar-refractivity contribution in [3.05, 3.63) is 33.1 Å². The van der Waals surface area contributed by atoms with Crippen LogP contribution in [0.1, 0.15) is 50.0 Å². The predicted molar refractivity (Wildman–Crippen MR) is 101 cm³/mol. The van der Waals surface area contributed by atoms with Gasteiger partial charge in [0.05, 0.1) is 18.3 Å². The van der Waals surface area contributed by atoms with Crippen LogP contribution in [0.15, 0.2) is 17.1 Å². The van der Waals surface area contributed by atoms with Crippen molar-refractivity contribution in [3.63, 3.8) is 0 Å². The van der Waals surface area contributed by atoms with E-state index in [9.17, 15) is 19.5 Å². The maximum absolute atomic E-state index is 12.4. The topological polar surface area (TPSA) is 103 Å². The summed E-state index contributed by atoms with van der Waals surface area (Å²) >= 11 is 6.52. The summed E-state index contributed by atoms with van der Waals surface area (Å²) in [5, 5.41) is 14.1. The van der Waals surface area contributed by atoms with Gasteiger partial charge in [0.1, 0.15) is 28.2 Å². The molecular formula is C19H20ClN3O5. The van der Waals surface area contributed by atoms with Gasteiger partial charge in [-0.1, -0.05) is 32.4 Å². The number of pyridine rings is 1. The molecule has 1 saturated carbocycles. The van der Waals surface area contributed by atoms with Gasteiger partial charge >= 0.3 is 5.97 Å². The van der Waals surface area contributed by atoms with Crippen molar-refractivity contribution in [2.75, 3.05) is 0 Å². The molecule has 2 aromatic heterocycles. The number of hydrogen-bond acceptors (Lipinski definition) is 5. The Balaban J connectivity index is 1.86. The fraction of sp³-hybridized carbons (Fsp3) is 0.474. The van der Waals surface area contributed by atoms with Crippen LogP contribution in [0.3, 0.4) is 0 Å². The summed E-state index contributed by atoms with van der Waals surface area (Å²) in [4.78, 5) is 35.0. The van der Waals surface area contributed by atoms with E-state index in [0.717, 1.165) is 0 Å². The second kappa shape index (κ2) is 6.20. The minimum atomic E-state index is -1.27. The summed E-state index contributed by atoms with van der Waals surface area (Å²) in [6, 6.07) is 1.14. The van der Waals surface area contributed by atoms with E-state index >= 15 is 0 Å². The molecule has 3 heterocycles. The van der Waals surface area contributed by atoms with Crippen LogP contribution in [-0.2, 0) is 11.3 Å². The Labute approximate surface area is 165 Å². The molecule has 1 fully saturated rings. The molecule has 2 aromatic rings. The molecule has 0 spiro atoms. The average molecular weight is 406 g/mol. The molecule has 4 rings (SSSR count). The van der Waals surface area contributed by atoms with Crippen molar-refractivity contribution in [1.82, 2.24) is 14.3 Å². The van der Waals surface area contributed by atoms with Crippen molar-refractivity contribution in [2.24, 2.45) is 5.41 Å². The molecule has 0 saturated heterocycles. The van der Waals surface area contributed by atoms with Gasteiger partial charge in [0.25, 0.3) is 5.88 Å². The Morgan fingerprint density at radius 2 is 2.00 bits per heavy atom. The van der Waals surface area contributed by atoms with Crippen molar-refractivity contribution in [3.8, 4) is 17.3 Å². The zero-order valence-electron chi connectivity index (χ0n) is 15.7. The second-order valence-electron chi connectivity index (χ2n) is 8.37. The van der Waals surface area contributed by atoms with Gasteiger partial charge in [-0.3, -0.25) is 14.3 Å². The molecule has 0 aromatic carbocycles. The normalized spacial score (nSPS) is 19.0. The van der Waals surface area contributed by atoms with Crippen LogP contribution >= 0.6 is 11.6 Å². The lowest BCUT2D eigenvalue weighted by Crippen LogP contribution is -2.35. The predicted octanol–water partition coefficient (Wildman–Crippen LogP) is 2.77. The molecule has 1 aliphatic carbocycles. The summed E-state index contributed by atoms with van der Waals surface area (Å²) in [6.45, 7) is 6.55. The Bertz CT molecular complexity index is 1050. The zero-order chi connectivity index (χ0) is 20.4. The Morgan fingerprint density at radius 3 is 2.57 bits per heavy atom. The zero-order valence-corrected chi connectivity index (χ0v) is 16.5. The molecule has 8 nitrogen and oxygen atoms in total. The van der Waals surface area contributed by atoms with Crippen LogP contribution in [-0.4, -0.2) is 37.3 Å². The van der Waals surface area contributed by atoms with Crippen LogP contribution in [0, 0.1) is 5.41 Å². The summed E-state index contributed by atoms with van der Waals surface area (Å²) in [5.74, 6) is -0.905. The summed E-state index contributed by atoms with van der Waals surface area (Å²) in [7, 11) is 0. The van der Waals surface area contributed by atoms with Gasteiger partial charge in [-0.15, -0.1) is 5.10 Å². The molecule has 1 aliphatic heterocycles. The van der Waals surface area contributed by atoms with Crippen LogP contribution in [0.2, 0.25) is 5.02 Å². The number of fused-ring (bicyclic) bond motifs is 3. The molecule has 0 radical (unpaired) electrons. The van der Waals surface area contributed by atoms with E-state index in [-0.39, 0.29) is 39.8 Å². The Morgan fingerprint density at radius 1 is 1.32 bits per heavy atom. The molecule has 28 heavy (non-hydrogen) atoms. The fourth-order valence-electron chi connectivity index (χ4n) is 3.66. The highest BCUT2D eigenvalue weighted by molar-refractivity contribution is 6.34. The standard InChI is InChI=1S/C19H20ClN3O5/c1-19(2,3)14-8-23-16(12-6-13(25)11(18(26)27)7-22(12)14)15(20)17(21-23)28-10-4-9(24)5-10/h6-7,10,14H,4-5,8H2,1-3H3,(H,26,27)/t14-/m0/s1. The highest BCUT2D eigenvalue weighted by atomic mass is 35.5. The maximum Gasteiger partial charge on any atom is 0.341 e. The third kappa shape index (κ3) is 2.92. The summed E-state index contributed by atoms with van der Waals surface area (Å²) in [5.41, 5.74) is -0.109. The molecule has 148 valence electrons. The molecule has 0 unspecified atom stereocenters. The monoisotopic (exact) mass is 405 g/mol. The second-order valence-corrected chi connectivity index (χ2v) is 8.75. The maximum atomic E-state index is 12.4. The first-order chi connectivity index (χ1) is 13.1. The van der Waals surface area contributed by atoms with E-state index in [2.05, 4.69) is 5.10 Å². The number of carbonyl (C=O) groups excluding carboxylic acids is 1. The Hall–Kier alpha value is -2.61. The van der Waals surface area contributed by atoms with Gasteiger partial charge in [-0.25, -0.2) is 4.79 Å². The number of aromatic nitrogens is 3. The number of carboxylic acids is 1. The smallest absolute Gasteiger partial charge is 0.341 e. The lowest BCUT2D eigenvalue weighted by Gasteiger charge is -2.38. The molecule has 2 aliphatic rings. The highest BCUT2D eigenvalue weighted by Crippen LogP contribution is 2.44. The van der Waals surface area contributed by atoms with E-state index in [1.165, 1.54) is 12.3 Å². The van der Waals surface area contributed by atoms with Crippen molar-refractivity contribution in [2.45, 2.75) is 52.3 Å². The number of carbonyl (C=O) groups is 2. The van der Waals surface area contributed by atoms with Crippen LogP contribution in [0.5, 0.6) is 5.88 Å². The van der Waals surface area contributed by atoms with Crippen LogP contribution in [0.25, 0.3) is 11.4 Å². The van der Waals surface area contributed by atoms with Gasteiger partial charge in [-0.05, 0) is 5.41 Å². The summed E-state index contributed by atoms with van der Waals surface area (Å²) < 4.78 is 9.26. The lowest BCUT2D eigenvalue weighted by atomic mass is 9.85. The third-order valence-electron chi connectivity index (χ3n) is 5.29. The first kappa shape index (κ1) is 18.7. The van der Waals surface area contributed by atoms with Gasteiger partial charge in [0, 0.05) is 25.1 Å². The first-order valence-electron chi connectivity index (χ1n) is 9.00. The molecule has 0 bridgehead atoms. The van der Waals surface area contributed by atoms with Gasteiger partial charge in [0.15, 0.2) is 5.43 Å². The van der Waals surface area contributed by atoms with E-state index < -0.39 is 11.4 Å². The number of ketones is 1. The number of ether oxygens (including phenoxy) is 1. The number of Topliss-reactive ketones (excluding diaryl/α,β-unsaturated/α-hetero) is 1. The molecule has 0 amide bonds. The lowest BCUT2D eigenvalue weighted by molar-refractivity contribution is -0.129. The van der Waals surface area contributed by atoms with Gasteiger partial charge < -0.3 is 14.4 Å². The van der Waals surface area contributed by atoms with Crippen molar-refractivity contribution in [1.29, 1.82) is 0 Å². The molecule has 9 heteroatoms. The van der Waals surface area contributed by atoms with E-state index in [4.69, 9.17) is 16.3 Å². The minimum absolute atomic E-state index is 0.135. The largest absolute Gasteiger partial charge is 0.477 e. The number of hydrogen-bond donors (Lipinski definition) is 1. The SMILES string of the molecule is CC(C)(C)[C@@H]1Cn2nc(OC3CC(=O)C3)c(Cl)c2-c2cc(=O)c(C(=O)O)cn21. The number of nitrogens with zero attached hydrogens (tertiary/aromatic N) is 3. The quantitative estimate of drug-likeness (QED) is 0.842. The fourth-order valence-corrected chi connectivity index (χ4v) is 3.94. The molecule has 1 N–H and O–H groups in total. The number of carboxylic acid groups (broad SMARTS) is 1. The third-order valence-corrected chi connectivity index (χ3v) is 5.63. The van der Waals surface area contributed by atoms with Crippen LogP contribution in [0.4, 0.5) is 0 Å².